The van der Waals surface area contributed by atoms with Crippen molar-refractivity contribution in [3.63, 3.8) is 0 Å². The van der Waals surface area contributed by atoms with Gasteiger partial charge in [-0.2, -0.15) is 5.10 Å². The minimum Gasteiger partial charge on any atom is -0.497 e. The van der Waals surface area contributed by atoms with Gasteiger partial charge in [0.2, 0.25) is 0 Å². The predicted octanol–water partition coefficient (Wildman–Crippen LogP) is 2.06. The molecule has 18 heavy (non-hydrogen) atoms. The molecule has 0 aliphatic heterocycles. The summed E-state index contributed by atoms with van der Waals surface area (Å²) in [5.41, 5.74) is 8.52. The molecule has 0 aliphatic carbocycles. The molecular weight excluding hydrogens is 226 g/mol. The van der Waals surface area contributed by atoms with E-state index in [2.05, 4.69) is 5.10 Å². The maximum absolute atomic E-state index is 6.19. The Kier molecular flexibility index (Phi) is 3.99. The number of hydrogen-bond acceptors (Lipinski definition) is 3. The average molecular weight is 245 g/mol. The van der Waals surface area contributed by atoms with E-state index in [4.69, 9.17) is 10.5 Å². The van der Waals surface area contributed by atoms with E-state index in [-0.39, 0.29) is 6.04 Å². The zero-order valence-electron chi connectivity index (χ0n) is 10.8. The molecule has 0 fully saturated rings. The summed E-state index contributed by atoms with van der Waals surface area (Å²) in [5.74, 6) is 0.851. The SMILES string of the molecule is COc1cccc(C(N)CCc2cnn(C)c2)c1. The van der Waals surface area contributed by atoms with Crippen molar-refractivity contribution < 1.29 is 4.74 Å². The van der Waals surface area contributed by atoms with Gasteiger partial charge in [-0.1, -0.05) is 12.1 Å². The van der Waals surface area contributed by atoms with Crippen LogP contribution in [-0.4, -0.2) is 16.9 Å². The van der Waals surface area contributed by atoms with E-state index >= 15 is 0 Å². The number of nitrogens with two attached hydrogens (primary N) is 1. The summed E-state index contributed by atoms with van der Waals surface area (Å²) >= 11 is 0. The molecule has 0 bridgehead atoms. The molecule has 4 heteroatoms. The number of rotatable bonds is 5. The fraction of sp³-hybridized carbons (Fsp3) is 0.357. The number of aromatic nitrogens is 2. The van der Waals surface area contributed by atoms with E-state index in [1.807, 2.05) is 48.4 Å². The number of methoxy groups -OCH3 is 1. The third-order valence-electron chi connectivity index (χ3n) is 3.02. The van der Waals surface area contributed by atoms with Crippen molar-refractivity contribution >= 4 is 0 Å². The molecule has 0 amide bonds. The van der Waals surface area contributed by atoms with Gasteiger partial charge in [0.05, 0.1) is 13.3 Å². The van der Waals surface area contributed by atoms with Gasteiger partial charge in [-0.3, -0.25) is 4.68 Å². The molecule has 96 valence electrons. The maximum Gasteiger partial charge on any atom is 0.119 e. The van der Waals surface area contributed by atoms with Crippen molar-refractivity contribution in [2.24, 2.45) is 12.8 Å². The molecule has 1 aromatic carbocycles. The molecule has 4 nitrogen and oxygen atoms in total. The molecule has 1 heterocycles. The molecule has 0 saturated carbocycles. The molecule has 2 N–H and O–H groups in total. The van der Waals surface area contributed by atoms with Crippen LogP contribution in [0.5, 0.6) is 5.75 Å². The lowest BCUT2D eigenvalue weighted by Gasteiger charge is -2.12. The van der Waals surface area contributed by atoms with E-state index in [0.29, 0.717) is 0 Å². The Labute approximate surface area is 107 Å². The van der Waals surface area contributed by atoms with Crippen molar-refractivity contribution in [3.05, 3.63) is 47.8 Å². The van der Waals surface area contributed by atoms with Gasteiger partial charge in [-0.15, -0.1) is 0 Å². The predicted molar refractivity (Wildman–Crippen MR) is 71.5 cm³/mol. The van der Waals surface area contributed by atoms with E-state index < -0.39 is 0 Å². The molecule has 1 aromatic heterocycles. The third kappa shape index (κ3) is 3.11. The number of ether oxygens (including phenoxy) is 1. The molecule has 0 saturated heterocycles. The standard InChI is InChI=1S/C14H19N3O/c1-17-10-11(9-16-17)6-7-14(15)12-4-3-5-13(8-12)18-2/h3-5,8-10,14H,6-7,15H2,1-2H3. The second-order valence-electron chi connectivity index (χ2n) is 4.44. The highest BCUT2D eigenvalue weighted by atomic mass is 16.5. The molecule has 0 aliphatic rings. The number of nitrogens with zero attached hydrogens (tertiary/aromatic N) is 2. The number of hydrogen-bond donors (Lipinski definition) is 1. The Balaban J connectivity index is 1.96. The first-order valence-electron chi connectivity index (χ1n) is 6.06. The van der Waals surface area contributed by atoms with Gasteiger partial charge in [0.1, 0.15) is 5.75 Å². The normalized spacial score (nSPS) is 12.4. The lowest BCUT2D eigenvalue weighted by Crippen LogP contribution is -2.11. The average Bonchev–Trinajstić information content (AvgIpc) is 2.82. The quantitative estimate of drug-likeness (QED) is 0.877. The topological polar surface area (TPSA) is 53.1 Å². The van der Waals surface area contributed by atoms with Crippen molar-refractivity contribution in [2.45, 2.75) is 18.9 Å². The Morgan fingerprint density at radius 2 is 2.28 bits per heavy atom. The summed E-state index contributed by atoms with van der Waals surface area (Å²) in [6.07, 6.45) is 5.75. The summed E-state index contributed by atoms with van der Waals surface area (Å²) < 4.78 is 7.01. The van der Waals surface area contributed by atoms with Crippen LogP contribution in [0.2, 0.25) is 0 Å². The van der Waals surface area contributed by atoms with Crippen LogP contribution in [0, 0.1) is 0 Å². The van der Waals surface area contributed by atoms with Crippen LogP contribution in [0.3, 0.4) is 0 Å². The van der Waals surface area contributed by atoms with Crippen LogP contribution in [0.15, 0.2) is 36.7 Å². The van der Waals surface area contributed by atoms with Crippen LogP contribution in [0.1, 0.15) is 23.6 Å². The largest absolute Gasteiger partial charge is 0.497 e. The van der Waals surface area contributed by atoms with Crippen LogP contribution in [0.25, 0.3) is 0 Å². The first-order chi connectivity index (χ1) is 8.69. The molecule has 1 unspecified atom stereocenters. The van der Waals surface area contributed by atoms with Crippen LogP contribution >= 0.6 is 0 Å². The van der Waals surface area contributed by atoms with E-state index in [1.165, 1.54) is 5.56 Å². The molecule has 1 atom stereocenters. The van der Waals surface area contributed by atoms with Crippen molar-refractivity contribution in [1.82, 2.24) is 9.78 Å². The monoisotopic (exact) mass is 245 g/mol. The van der Waals surface area contributed by atoms with Crippen LogP contribution in [0.4, 0.5) is 0 Å². The second-order valence-corrected chi connectivity index (χ2v) is 4.44. The van der Waals surface area contributed by atoms with Crippen molar-refractivity contribution in [1.29, 1.82) is 0 Å². The van der Waals surface area contributed by atoms with Gasteiger partial charge in [-0.05, 0) is 36.1 Å². The Bertz CT molecular complexity index is 507. The summed E-state index contributed by atoms with van der Waals surface area (Å²) in [6, 6.07) is 7.96. The van der Waals surface area contributed by atoms with E-state index in [0.717, 1.165) is 24.2 Å². The Morgan fingerprint density at radius 1 is 1.44 bits per heavy atom. The third-order valence-corrected chi connectivity index (χ3v) is 3.02. The fourth-order valence-electron chi connectivity index (χ4n) is 1.96. The highest BCUT2D eigenvalue weighted by molar-refractivity contribution is 5.30. The van der Waals surface area contributed by atoms with Gasteiger partial charge in [0.15, 0.2) is 0 Å². The summed E-state index contributed by atoms with van der Waals surface area (Å²) in [4.78, 5) is 0. The van der Waals surface area contributed by atoms with Crippen LogP contribution < -0.4 is 10.5 Å². The van der Waals surface area contributed by atoms with Gasteiger partial charge in [0.25, 0.3) is 0 Å². The van der Waals surface area contributed by atoms with E-state index in [9.17, 15) is 0 Å². The maximum atomic E-state index is 6.19. The summed E-state index contributed by atoms with van der Waals surface area (Å²) in [5, 5.41) is 4.15. The summed E-state index contributed by atoms with van der Waals surface area (Å²) in [6.45, 7) is 0. The molecular formula is C14H19N3O. The van der Waals surface area contributed by atoms with Crippen LogP contribution in [-0.2, 0) is 13.5 Å². The van der Waals surface area contributed by atoms with E-state index in [1.54, 1.807) is 7.11 Å². The molecule has 0 spiro atoms. The zero-order chi connectivity index (χ0) is 13.0. The first kappa shape index (κ1) is 12.6. The molecule has 0 radical (unpaired) electrons. The van der Waals surface area contributed by atoms with Gasteiger partial charge >= 0.3 is 0 Å². The van der Waals surface area contributed by atoms with Crippen molar-refractivity contribution in [2.75, 3.05) is 7.11 Å². The lowest BCUT2D eigenvalue weighted by atomic mass is 10.0. The van der Waals surface area contributed by atoms with Gasteiger partial charge < -0.3 is 10.5 Å². The smallest absolute Gasteiger partial charge is 0.119 e. The number of aryl methyl sites for hydroxylation is 2. The van der Waals surface area contributed by atoms with Gasteiger partial charge in [-0.25, -0.2) is 0 Å². The summed E-state index contributed by atoms with van der Waals surface area (Å²) in [7, 11) is 3.59. The van der Waals surface area contributed by atoms with Crippen molar-refractivity contribution in [3.8, 4) is 5.75 Å². The lowest BCUT2D eigenvalue weighted by molar-refractivity contribution is 0.413. The van der Waals surface area contributed by atoms with Gasteiger partial charge in [0, 0.05) is 19.3 Å². The first-order valence-corrected chi connectivity index (χ1v) is 6.06. The molecule has 2 rings (SSSR count). The minimum absolute atomic E-state index is 0.0281. The second kappa shape index (κ2) is 5.69. The zero-order valence-corrected chi connectivity index (χ0v) is 10.8. The Hall–Kier alpha value is -1.81. The fourth-order valence-corrected chi connectivity index (χ4v) is 1.96. The minimum atomic E-state index is 0.0281. The highest BCUT2D eigenvalue weighted by Gasteiger charge is 2.08. The highest BCUT2D eigenvalue weighted by Crippen LogP contribution is 2.21. The molecule has 2 aromatic rings. The number of benzene rings is 1. The Morgan fingerprint density at radius 3 is 2.94 bits per heavy atom.